The molecular formula is C26H24Br2N2O2. The van der Waals surface area contributed by atoms with Gasteiger partial charge in [-0.2, -0.15) is 0 Å². The summed E-state index contributed by atoms with van der Waals surface area (Å²) < 4.78 is 1.77. The second-order valence-electron chi connectivity index (χ2n) is 8.36. The first-order valence-electron chi connectivity index (χ1n) is 10.1. The van der Waals surface area contributed by atoms with Gasteiger partial charge in [-0.05, 0) is 65.1 Å². The van der Waals surface area contributed by atoms with E-state index in [0.29, 0.717) is 11.3 Å². The van der Waals surface area contributed by atoms with Crippen LogP contribution in [0.2, 0.25) is 0 Å². The van der Waals surface area contributed by atoms with Crippen LogP contribution in [0, 0.1) is 0 Å². The number of amides is 2. The molecule has 3 aromatic carbocycles. The molecule has 0 saturated carbocycles. The molecule has 0 aliphatic carbocycles. The molecule has 164 valence electrons. The zero-order valence-corrected chi connectivity index (χ0v) is 21.2. The lowest BCUT2D eigenvalue weighted by Gasteiger charge is -2.19. The van der Waals surface area contributed by atoms with E-state index in [-0.39, 0.29) is 17.0 Å². The summed E-state index contributed by atoms with van der Waals surface area (Å²) >= 11 is 6.81. The van der Waals surface area contributed by atoms with Gasteiger partial charge < -0.3 is 10.6 Å². The van der Waals surface area contributed by atoms with Crippen molar-refractivity contribution < 1.29 is 9.59 Å². The quantitative estimate of drug-likeness (QED) is 0.336. The topological polar surface area (TPSA) is 58.2 Å². The molecule has 3 rings (SSSR count). The third-order valence-corrected chi connectivity index (χ3v) is 5.79. The Hall–Kier alpha value is -2.70. The third kappa shape index (κ3) is 6.65. The van der Waals surface area contributed by atoms with Crippen LogP contribution in [0.15, 0.2) is 87.4 Å². The highest BCUT2D eigenvalue weighted by molar-refractivity contribution is 9.10. The molecule has 0 radical (unpaired) electrons. The lowest BCUT2D eigenvalue weighted by Crippen LogP contribution is -2.30. The minimum Gasteiger partial charge on any atom is -0.321 e. The monoisotopic (exact) mass is 554 g/mol. The highest BCUT2D eigenvalue weighted by Gasteiger charge is 2.17. The molecule has 0 saturated heterocycles. The first-order chi connectivity index (χ1) is 15.1. The summed E-state index contributed by atoms with van der Waals surface area (Å²) in [4.78, 5) is 26.0. The molecular weight excluding hydrogens is 532 g/mol. The summed E-state index contributed by atoms with van der Waals surface area (Å²) in [6.45, 7) is 6.36. The van der Waals surface area contributed by atoms with Crippen molar-refractivity contribution in [3.8, 4) is 0 Å². The van der Waals surface area contributed by atoms with Gasteiger partial charge in [0.1, 0.15) is 5.70 Å². The van der Waals surface area contributed by atoms with Gasteiger partial charge in [0, 0.05) is 20.2 Å². The van der Waals surface area contributed by atoms with E-state index in [0.717, 1.165) is 20.1 Å². The fourth-order valence-electron chi connectivity index (χ4n) is 2.96. The number of carbonyl (C=O) groups is 2. The summed E-state index contributed by atoms with van der Waals surface area (Å²) in [6, 6.07) is 22.2. The Bertz CT molecular complexity index is 1150. The van der Waals surface area contributed by atoms with E-state index < -0.39 is 5.91 Å². The lowest BCUT2D eigenvalue weighted by molar-refractivity contribution is -0.113. The predicted molar refractivity (Wildman–Crippen MR) is 137 cm³/mol. The Kier molecular flexibility index (Phi) is 7.69. The van der Waals surface area contributed by atoms with E-state index in [2.05, 4.69) is 63.3 Å². The van der Waals surface area contributed by atoms with Crippen molar-refractivity contribution in [1.82, 2.24) is 5.32 Å². The average molecular weight is 556 g/mol. The molecule has 0 unspecified atom stereocenters. The van der Waals surface area contributed by atoms with Crippen LogP contribution in [0.3, 0.4) is 0 Å². The zero-order chi connectivity index (χ0) is 23.3. The number of carbonyl (C=O) groups excluding carboxylic acids is 2. The Morgan fingerprint density at radius 3 is 2.09 bits per heavy atom. The second kappa shape index (κ2) is 10.3. The molecule has 2 N–H and O–H groups in total. The Morgan fingerprint density at radius 1 is 0.844 bits per heavy atom. The summed E-state index contributed by atoms with van der Waals surface area (Å²) in [5, 5.41) is 5.62. The minimum absolute atomic E-state index is 0.00844. The van der Waals surface area contributed by atoms with Crippen LogP contribution in [-0.4, -0.2) is 11.8 Å². The maximum atomic E-state index is 13.0. The number of rotatable bonds is 5. The summed E-state index contributed by atoms with van der Waals surface area (Å²) in [7, 11) is 0. The van der Waals surface area contributed by atoms with Gasteiger partial charge in [-0.25, -0.2) is 0 Å². The minimum atomic E-state index is -0.411. The van der Waals surface area contributed by atoms with E-state index in [1.165, 1.54) is 0 Å². The van der Waals surface area contributed by atoms with Crippen molar-refractivity contribution in [2.75, 3.05) is 5.32 Å². The highest BCUT2D eigenvalue weighted by atomic mass is 79.9. The van der Waals surface area contributed by atoms with Crippen LogP contribution in [0.4, 0.5) is 5.69 Å². The van der Waals surface area contributed by atoms with Gasteiger partial charge in [-0.3, -0.25) is 9.59 Å². The van der Waals surface area contributed by atoms with E-state index >= 15 is 0 Å². The van der Waals surface area contributed by atoms with Gasteiger partial charge >= 0.3 is 0 Å². The van der Waals surface area contributed by atoms with Gasteiger partial charge in [0.2, 0.25) is 0 Å². The molecule has 0 atom stereocenters. The average Bonchev–Trinajstić information content (AvgIpc) is 2.74. The van der Waals surface area contributed by atoms with Crippen molar-refractivity contribution in [3.05, 3.63) is 104 Å². The molecule has 32 heavy (non-hydrogen) atoms. The van der Waals surface area contributed by atoms with Crippen LogP contribution in [0.25, 0.3) is 6.08 Å². The highest BCUT2D eigenvalue weighted by Crippen LogP contribution is 2.22. The maximum Gasteiger partial charge on any atom is 0.272 e. The standard InChI is InChI=1S/C26H24Br2N2O2/c1-26(2,3)19-11-9-18(10-12-19)24(31)30-23(15-17-7-13-20(27)14-8-17)25(32)29-22-6-4-5-21(28)16-22/h4-16H,1-3H3,(H,29,32)(H,30,31). The van der Waals surface area contributed by atoms with E-state index in [9.17, 15) is 9.59 Å². The number of hydrogen-bond donors (Lipinski definition) is 2. The van der Waals surface area contributed by atoms with Gasteiger partial charge in [-0.15, -0.1) is 0 Å². The number of halogens is 2. The normalized spacial score (nSPS) is 11.7. The van der Waals surface area contributed by atoms with Crippen LogP contribution >= 0.6 is 31.9 Å². The molecule has 0 spiro atoms. The molecule has 3 aromatic rings. The molecule has 4 nitrogen and oxygen atoms in total. The fourth-order valence-corrected chi connectivity index (χ4v) is 3.63. The van der Waals surface area contributed by atoms with Crippen LogP contribution in [0.1, 0.15) is 42.3 Å². The van der Waals surface area contributed by atoms with Crippen molar-refractivity contribution in [3.63, 3.8) is 0 Å². The molecule has 2 amide bonds. The van der Waals surface area contributed by atoms with Crippen LogP contribution in [0.5, 0.6) is 0 Å². The molecule has 6 heteroatoms. The lowest BCUT2D eigenvalue weighted by atomic mass is 9.87. The number of anilines is 1. The second-order valence-corrected chi connectivity index (χ2v) is 10.2. The predicted octanol–water partition coefficient (Wildman–Crippen LogP) is 6.92. The summed E-state index contributed by atoms with van der Waals surface area (Å²) in [5.41, 5.74) is 3.16. The van der Waals surface area contributed by atoms with Crippen molar-refractivity contribution in [2.24, 2.45) is 0 Å². The Morgan fingerprint density at radius 2 is 1.50 bits per heavy atom. The smallest absolute Gasteiger partial charge is 0.272 e. The largest absolute Gasteiger partial charge is 0.321 e. The van der Waals surface area contributed by atoms with Crippen molar-refractivity contribution >= 4 is 55.4 Å². The van der Waals surface area contributed by atoms with Gasteiger partial charge in [0.15, 0.2) is 0 Å². The molecule has 0 heterocycles. The Balaban J connectivity index is 1.87. The first kappa shape index (κ1) is 24.0. The number of hydrogen-bond acceptors (Lipinski definition) is 2. The number of nitrogens with one attached hydrogen (secondary N) is 2. The van der Waals surface area contributed by atoms with Crippen molar-refractivity contribution in [2.45, 2.75) is 26.2 Å². The molecule has 0 aliphatic heterocycles. The molecule has 0 aliphatic rings. The fraction of sp³-hybridized carbons (Fsp3) is 0.154. The zero-order valence-electron chi connectivity index (χ0n) is 18.1. The third-order valence-electron chi connectivity index (χ3n) is 4.77. The molecule has 0 bridgehead atoms. The van der Waals surface area contributed by atoms with Gasteiger partial charge in [-0.1, -0.05) is 83.0 Å². The molecule has 0 aromatic heterocycles. The van der Waals surface area contributed by atoms with Gasteiger partial charge in [0.25, 0.3) is 11.8 Å². The number of benzene rings is 3. The van der Waals surface area contributed by atoms with E-state index in [1.807, 2.05) is 48.5 Å². The van der Waals surface area contributed by atoms with E-state index in [4.69, 9.17) is 0 Å². The van der Waals surface area contributed by atoms with Gasteiger partial charge in [0.05, 0.1) is 0 Å². The summed E-state index contributed by atoms with van der Waals surface area (Å²) in [5.74, 6) is -0.760. The SMILES string of the molecule is CC(C)(C)c1ccc(C(=O)NC(=Cc2ccc(Br)cc2)C(=O)Nc2cccc(Br)c2)cc1. The van der Waals surface area contributed by atoms with E-state index in [1.54, 1.807) is 30.3 Å². The van der Waals surface area contributed by atoms with Crippen molar-refractivity contribution in [1.29, 1.82) is 0 Å². The first-order valence-corrected chi connectivity index (χ1v) is 11.7. The summed E-state index contributed by atoms with van der Waals surface area (Å²) in [6.07, 6.45) is 1.65. The maximum absolute atomic E-state index is 13.0. The Labute approximate surface area is 205 Å². The van der Waals surface area contributed by atoms with Crippen LogP contribution < -0.4 is 10.6 Å². The van der Waals surface area contributed by atoms with Crippen LogP contribution in [-0.2, 0) is 10.2 Å². The molecule has 0 fully saturated rings.